The van der Waals surface area contributed by atoms with Gasteiger partial charge in [0, 0.05) is 93.6 Å². The Bertz CT molecular complexity index is 889. The summed E-state index contributed by atoms with van der Waals surface area (Å²) in [6.07, 6.45) is 0. The van der Waals surface area contributed by atoms with Crippen LogP contribution >= 0.6 is 0 Å². The molecule has 182 valence electrons. The summed E-state index contributed by atoms with van der Waals surface area (Å²) < 4.78 is 54.9. The van der Waals surface area contributed by atoms with Crippen LogP contribution in [0.5, 0.6) is 0 Å². The largest absolute Gasteiger partial charge is 0.296 e. The first kappa shape index (κ1) is 25.5. The minimum Gasteiger partial charge on any atom is -0.296 e. The molecule has 0 unspecified atom stereocenters. The van der Waals surface area contributed by atoms with Crippen molar-refractivity contribution in [2.45, 2.75) is 13.1 Å². The van der Waals surface area contributed by atoms with Crippen molar-refractivity contribution in [2.75, 3.05) is 80.5 Å². The highest BCUT2D eigenvalue weighted by Gasteiger charge is 2.30. The van der Waals surface area contributed by atoms with E-state index in [0.717, 1.165) is 13.1 Å². The number of nitrogens with zero attached hydrogens (tertiary/aromatic N) is 6. The summed E-state index contributed by atoms with van der Waals surface area (Å²) in [5, 5.41) is 0. The van der Waals surface area contributed by atoms with Gasteiger partial charge in [-0.15, -0.1) is 0 Å². The van der Waals surface area contributed by atoms with E-state index >= 15 is 0 Å². The molecule has 0 N–H and O–H groups in total. The Morgan fingerprint density at radius 2 is 0.938 bits per heavy atom. The zero-order chi connectivity index (χ0) is 23.5. The number of hydrogen-bond donors (Lipinski definition) is 0. The van der Waals surface area contributed by atoms with E-state index in [1.807, 2.05) is 12.1 Å². The van der Waals surface area contributed by atoms with E-state index in [9.17, 15) is 16.8 Å². The summed E-state index contributed by atoms with van der Waals surface area (Å²) in [7, 11) is -0.468. The average molecular weight is 489 g/mol. The molecule has 0 aliphatic carbocycles. The van der Waals surface area contributed by atoms with E-state index in [1.54, 1.807) is 28.2 Å². The molecule has 1 aromatic carbocycles. The fraction of sp³-hybridized carbons (Fsp3) is 0.700. The Balaban J connectivity index is 1.56. The van der Waals surface area contributed by atoms with Gasteiger partial charge in [-0.05, 0) is 11.1 Å². The summed E-state index contributed by atoms with van der Waals surface area (Å²) in [5.74, 6) is 0. The van der Waals surface area contributed by atoms with Gasteiger partial charge in [-0.3, -0.25) is 9.80 Å². The second-order valence-corrected chi connectivity index (χ2v) is 13.0. The predicted molar refractivity (Wildman–Crippen MR) is 125 cm³/mol. The van der Waals surface area contributed by atoms with Crippen LogP contribution in [-0.4, -0.2) is 124 Å². The molecule has 0 atom stereocenters. The molecule has 0 bridgehead atoms. The van der Waals surface area contributed by atoms with E-state index < -0.39 is 20.4 Å². The molecule has 0 spiro atoms. The van der Waals surface area contributed by atoms with Crippen molar-refractivity contribution in [1.29, 1.82) is 0 Å². The predicted octanol–water partition coefficient (Wildman–Crippen LogP) is -0.465. The molecular formula is C20H36N6O4S2. The molecule has 2 heterocycles. The molecule has 2 fully saturated rings. The van der Waals surface area contributed by atoms with Gasteiger partial charge in [-0.1, -0.05) is 24.3 Å². The van der Waals surface area contributed by atoms with Crippen molar-refractivity contribution in [2.24, 2.45) is 0 Å². The van der Waals surface area contributed by atoms with Crippen LogP contribution in [0.2, 0.25) is 0 Å². The molecule has 0 radical (unpaired) electrons. The fourth-order valence-electron chi connectivity index (χ4n) is 4.05. The molecule has 0 amide bonds. The van der Waals surface area contributed by atoms with Gasteiger partial charge in [0.15, 0.2) is 0 Å². The van der Waals surface area contributed by atoms with Crippen LogP contribution in [0.1, 0.15) is 11.1 Å². The maximum absolute atomic E-state index is 12.3. The smallest absolute Gasteiger partial charge is 0.281 e. The molecule has 3 rings (SSSR count). The first-order chi connectivity index (χ1) is 15.0. The van der Waals surface area contributed by atoms with E-state index in [0.29, 0.717) is 52.4 Å². The third kappa shape index (κ3) is 5.86. The minimum atomic E-state index is -3.36. The third-order valence-electron chi connectivity index (χ3n) is 6.14. The maximum atomic E-state index is 12.3. The SMILES string of the molecule is CN(C)S(=O)(=O)N1CCN(Cc2ccccc2CN2CCN(S(=O)(=O)N(C)C)CC2)CC1. The van der Waals surface area contributed by atoms with Crippen LogP contribution in [-0.2, 0) is 33.5 Å². The molecular weight excluding hydrogens is 452 g/mol. The van der Waals surface area contributed by atoms with Crippen molar-refractivity contribution in [3.8, 4) is 0 Å². The van der Waals surface area contributed by atoms with Crippen molar-refractivity contribution in [3.63, 3.8) is 0 Å². The normalized spacial score (nSPS) is 20.9. The number of rotatable bonds is 8. The first-order valence-corrected chi connectivity index (χ1v) is 13.7. The zero-order valence-electron chi connectivity index (χ0n) is 19.5. The Hall–Kier alpha value is -1.12. The van der Waals surface area contributed by atoms with Crippen LogP contribution < -0.4 is 0 Å². The van der Waals surface area contributed by atoms with Gasteiger partial charge >= 0.3 is 0 Å². The van der Waals surface area contributed by atoms with Crippen LogP contribution in [0.15, 0.2) is 24.3 Å². The lowest BCUT2D eigenvalue weighted by Crippen LogP contribution is -2.51. The van der Waals surface area contributed by atoms with E-state index in [1.165, 1.54) is 28.3 Å². The highest BCUT2D eigenvalue weighted by atomic mass is 32.2. The van der Waals surface area contributed by atoms with Gasteiger partial charge in [-0.25, -0.2) is 0 Å². The summed E-state index contributed by atoms with van der Waals surface area (Å²) in [5.41, 5.74) is 2.47. The molecule has 2 saturated heterocycles. The lowest BCUT2D eigenvalue weighted by molar-refractivity contribution is 0.169. The molecule has 32 heavy (non-hydrogen) atoms. The fourth-order valence-corrected chi connectivity index (χ4v) is 6.22. The van der Waals surface area contributed by atoms with Crippen molar-refractivity contribution < 1.29 is 16.8 Å². The van der Waals surface area contributed by atoms with Gasteiger partial charge in [0.25, 0.3) is 20.4 Å². The van der Waals surface area contributed by atoms with Crippen LogP contribution in [0.25, 0.3) is 0 Å². The van der Waals surface area contributed by atoms with Gasteiger partial charge in [0.05, 0.1) is 0 Å². The number of benzene rings is 1. The van der Waals surface area contributed by atoms with E-state index in [2.05, 4.69) is 21.9 Å². The van der Waals surface area contributed by atoms with Gasteiger partial charge in [-0.2, -0.15) is 34.1 Å². The monoisotopic (exact) mass is 488 g/mol. The second kappa shape index (κ2) is 10.4. The topological polar surface area (TPSA) is 87.7 Å². The Kier molecular flexibility index (Phi) is 8.31. The maximum Gasteiger partial charge on any atom is 0.281 e. The lowest BCUT2D eigenvalue weighted by atomic mass is 10.1. The summed E-state index contributed by atoms with van der Waals surface area (Å²) in [6, 6.07) is 8.33. The molecule has 2 aliphatic rings. The van der Waals surface area contributed by atoms with Crippen LogP contribution in [0.3, 0.4) is 0 Å². The highest BCUT2D eigenvalue weighted by Crippen LogP contribution is 2.18. The van der Waals surface area contributed by atoms with Crippen molar-refractivity contribution in [1.82, 2.24) is 27.0 Å². The van der Waals surface area contributed by atoms with Crippen molar-refractivity contribution in [3.05, 3.63) is 35.4 Å². The molecule has 1 aromatic rings. The number of piperazine rings is 2. The molecule has 0 saturated carbocycles. The van der Waals surface area contributed by atoms with Crippen molar-refractivity contribution >= 4 is 20.4 Å². The molecule has 12 heteroatoms. The highest BCUT2D eigenvalue weighted by molar-refractivity contribution is 7.87. The van der Waals surface area contributed by atoms with Gasteiger partial charge < -0.3 is 0 Å². The van der Waals surface area contributed by atoms with E-state index in [-0.39, 0.29) is 0 Å². The average Bonchev–Trinajstić information content (AvgIpc) is 2.75. The Labute approximate surface area is 193 Å². The zero-order valence-corrected chi connectivity index (χ0v) is 21.1. The van der Waals surface area contributed by atoms with Gasteiger partial charge in [0.1, 0.15) is 0 Å². The molecule has 10 nitrogen and oxygen atoms in total. The summed E-state index contributed by atoms with van der Waals surface area (Å²) in [4.78, 5) is 4.59. The second-order valence-electron chi connectivity index (χ2n) is 8.70. The summed E-state index contributed by atoms with van der Waals surface area (Å²) in [6.45, 7) is 6.31. The Morgan fingerprint density at radius 1 is 0.625 bits per heavy atom. The lowest BCUT2D eigenvalue weighted by Gasteiger charge is -2.36. The third-order valence-corrected chi connectivity index (χ3v) is 10.0. The summed E-state index contributed by atoms with van der Waals surface area (Å²) >= 11 is 0. The molecule has 0 aromatic heterocycles. The minimum absolute atomic E-state index is 0.491. The quantitative estimate of drug-likeness (QED) is 0.492. The Morgan fingerprint density at radius 3 is 1.22 bits per heavy atom. The number of hydrogen-bond acceptors (Lipinski definition) is 6. The van der Waals surface area contributed by atoms with Crippen LogP contribution in [0, 0.1) is 0 Å². The first-order valence-electron chi connectivity index (χ1n) is 10.9. The standard InChI is InChI=1S/C20H36N6O4S2/c1-21(2)31(27,28)25-13-9-23(10-14-25)17-19-7-5-6-8-20(19)18-24-11-15-26(16-12-24)32(29,30)22(3)4/h5-8H,9-18H2,1-4H3. The van der Waals surface area contributed by atoms with Gasteiger partial charge in [0.2, 0.25) is 0 Å². The molecule has 2 aliphatic heterocycles. The van der Waals surface area contributed by atoms with E-state index in [4.69, 9.17) is 0 Å². The van der Waals surface area contributed by atoms with Crippen LogP contribution in [0.4, 0.5) is 0 Å².